The SMILES string of the molecule is COCCNCC(CC1CCC(C)O1)c1cccc(Br)c1. The predicted molar refractivity (Wildman–Crippen MR) is 89.8 cm³/mol. The van der Waals surface area contributed by atoms with Gasteiger partial charge in [-0.15, -0.1) is 0 Å². The van der Waals surface area contributed by atoms with E-state index in [0.29, 0.717) is 18.1 Å². The Balaban J connectivity index is 1.96. The molecule has 4 heteroatoms. The molecule has 1 aromatic carbocycles. The maximum atomic E-state index is 6.01. The number of methoxy groups -OCH3 is 1. The topological polar surface area (TPSA) is 30.5 Å². The van der Waals surface area contributed by atoms with Gasteiger partial charge >= 0.3 is 0 Å². The molecule has 1 aliphatic rings. The first kappa shape index (κ1) is 16.9. The van der Waals surface area contributed by atoms with E-state index in [-0.39, 0.29) is 0 Å². The van der Waals surface area contributed by atoms with Gasteiger partial charge in [-0.3, -0.25) is 0 Å². The third-order valence-corrected chi connectivity index (χ3v) is 4.55. The first-order valence-corrected chi connectivity index (χ1v) is 8.59. The number of ether oxygens (including phenoxy) is 2. The largest absolute Gasteiger partial charge is 0.383 e. The van der Waals surface area contributed by atoms with Crippen molar-refractivity contribution in [2.75, 3.05) is 26.8 Å². The zero-order valence-electron chi connectivity index (χ0n) is 13.0. The van der Waals surface area contributed by atoms with Crippen LogP contribution in [0.15, 0.2) is 28.7 Å². The van der Waals surface area contributed by atoms with Crippen LogP contribution >= 0.6 is 15.9 Å². The summed E-state index contributed by atoms with van der Waals surface area (Å²) in [6.07, 6.45) is 4.27. The van der Waals surface area contributed by atoms with Crippen LogP contribution in [0.2, 0.25) is 0 Å². The molecule has 0 aliphatic carbocycles. The van der Waals surface area contributed by atoms with Gasteiger partial charge in [0.25, 0.3) is 0 Å². The van der Waals surface area contributed by atoms with Gasteiger partial charge in [0.2, 0.25) is 0 Å². The van der Waals surface area contributed by atoms with Gasteiger partial charge in [-0.25, -0.2) is 0 Å². The molecule has 1 saturated heterocycles. The van der Waals surface area contributed by atoms with Crippen molar-refractivity contribution in [2.24, 2.45) is 0 Å². The number of hydrogen-bond acceptors (Lipinski definition) is 3. The molecule has 1 aromatic rings. The fourth-order valence-corrected chi connectivity index (χ4v) is 3.34. The maximum absolute atomic E-state index is 6.01. The van der Waals surface area contributed by atoms with E-state index in [1.165, 1.54) is 18.4 Å². The summed E-state index contributed by atoms with van der Waals surface area (Å²) >= 11 is 3.57. The van der Waals surface area contributed by atoms with Crippen LogP contribution in [0.3, 0.4) is 0 Å². The Kier molecular flexibility index (Phi) is 7.17. The minimum atomic E-state index is 0.396. The molecule has 3 atom stereocenters. The van der Waals surface area contributed by atoms with Gasteiger partial charge < -0.3 is 14.8 Å². The van der Waals surface area contributed by atoms with Crippen LogP contribution in [0.25, 0.3) is 0 Å². The van der Waals surface area contributed by atoms with Crippen LogP contribution in [-0.2, 0) is 9.47 Å². The Hall–Kier alpha value is -0.420. The normalized spacial score (nSPS) is 23.4. The fraction of sp³-hybridized carbons (Fsp3) is 0.647. The molecule has 21 heavy (non-hydrogen) atoms. The van der Waals surface area contributed by atoms with Gasteiger partial charge in [-0.05, 0) is 49.8 Å². The maximum Gasteiger partial charge on any atom is 0.0587 e. The zero-order valence-corrected chi connectivity index (χ0v) is 14.6. The summed E-state index contributed by atoms with van der Waals surface area (Å²) in [6, 6.07) is 8.62. The standard InChI is InChI=1S/C17H26BrNO2/c1-13-6-7-17(21-13)11-15(12-19-8-9-20-2)14-4-3-5-16(18)10-14/h3-5,10,13,15,17,19H,6-9,11-12H2,1-2H3. The number of nitrogens with one attached hydrogen (secondary N) is 1. The zero-order chi connectivity index (χ0) is 15.1. The Morgan fingerprint density at radius 3 is 2.95 bits per heavy atom. The average Bonchev–Trinajstić information content (AvgIpc) is 2.87. The summed E-state index contributed by atoms with van der Waals surface area (Å²) in [5.74, 6) is 0.481. The molecule has 1 N–H and O–H groups in total. The van der Waals surface area contributed by atoms with Crippen LogP contribution in [0.4, 0.5) is 0 Å². The third-order valence-electron chi connectivity index (χ3n) is 4.06. The molecule has 0 radical (unpaired) electrons. The highest BCUT2D eigenvalue weighted by atomic mass is 79.9. The Labute approximate surface area is 136 Å². The van der Waals surface area contributed by atoms with E-state index in [2.05, 4.69) is 52.4 Å². The molecule has 1 aliphatic heterocycles. The lowest BCUT2D eigenvalue weighted by atomic mass is 9.92. The molecule has 3 nitrogen and oxygen atoms in total. The summed E-state index contributed by atoms with van der Waals surface area (Å²) in [7, 11) is 1.74. The molecular weight excluding hydrogens is 330 g/mol. The van der Waals surface area contributed by atoms with Crippen LogP contribution < -0.4 is 5.32 Å². The van der Waals surface area contributed by atoms with Crippen molar-refractivity contribution in [1.29, 1.82) is 0 Å². The summed E-state index contributed by atoms with van der Waals surface area (Å²) < 4.78 is 12.2. The summed E-state index contributed by atoms with van der Waals surface area (Å²) in [6.45, 7) is 4.78. The molecule has 0 amide bonds. The molecule has 1 heterocycles. The van der Waals surface area contributed by atoms with Gasteiger partial charge in [0, 0.05) is 24.7 Å². The van der Waals surface area contributed by atoms with Crippen molar-refractivity contribution in [3.63, 3.8) is 0 Å². The fourth-order valence-electron chi connectivity index (χ4n) is 2.92. The quantitative estimate of drug-likeness (QED) is 0.720. The Morgan fingerprint density at radius 1 is 1.43 bits per heavy atom. The second kappa shape index (κ2) is 8.89. The highest BCUT2D eigenvalue weighted by Gasteiger charge is 2.25. The molecule has 1 fully saturated rings. The van der Waals surface area contributed by atoms with Gasteiger partial charge in [-0.2, -0.15) is 0 Å². The first-order chi connectivity index (χ1) is 10.2. The summed E-state index contributed by atoms with van der Waals surface area (Å²) in [5.41, 5.74) is 1.37. The van der Waals surface area contributed by atoms with Crippen LogP contribution in [0.5, 0.6) is 0 Å². The van der Waals surface area contributed by atoms with E-state index >= 15 is 0 Å². The Bertz CT molecular complexity index is 427. The van der Waals surface area contributed by atoms with Crippen molar-refractivity contribution in [2.45, 2.75) is 44.3 Å². The minimum absolute atomic E-state index is 0.396. The van der Waals surface area contributed by atoms with Crippen LogP contribution in [0.1, 0.15) is 37.7 Å². The molecular formula is C17H26BrNO2. The molecule has 118 valence electrons. The molecule has 0 aromatic heterocycles. The number of hydrogen-bond donors (Lipinski definition) is 1. The van der Waals surface area contributed by atoms with Gasteiger partial charge in [-0.1, -0.05) is 28.1 Å². The second-order valence-corrected chi connectivity index (χ2v) is 6.75. The van der Waals surface area contributed by atoms with Gasteiger partial charge in [0.15, 0.2) is 0 Å². The van der Waals surface area contributed by atoms with Crippen molar-refractivity contribution in [3.8, 4) is 0 Å². The molecule has 0 spiro atoms. The van der Waals surface area contributed by atoms with Crippen molar-refractivity contribution >= 4 is 15.9 Å². The van der Waals surface area contributed by atoms with E-state index in [1.54, 1.807) is 7.11 Å². The van der Waals surface area contributed by atoms with Gasteiger partial charge in [0.1, 0.15) is 0 Å². The van der Waals surface area contributed by atoms with Gasteiger partial charge in [0.05, 0.1) is 18.8 Å². The van der Waals surface area contributed by atoms with E-state index in [1.807, 2.05) is 0 Å². The van der Waals surface area contributed by atoms with Crippen LogP contribution in [-0.4, -0.2) is 39.0 Å². The number of halogens is 1. The van der Waals surface area contributed by atoms with Crippen LogP contribution in [0, 0.1) is 0 Å². The lowest BCUT2D eigenvalue weighted by molar-refractivity contribution is 0.0465. The Morgan fingerprint density at radius 2 is 2.29 bits per heavy atom. The summed E-state index contributed by atoms with van der Waals surface area (Å²) in [5, 5.41) is 3.49. The van der Waals surface area contributed by atoms with Crippen molar-refractivity contribution in [3.05, 3.63) is 34.3 Å². The summed E-state index contributed by atoms with van der Waals surface area (Å²) in [4.78, 5) is 0. The third kappa shape index (κ3) is 5.70. The highest BCUT2D eigenvalue weighted by molar-refractivity contribution is 9.10. The second-order valence-electron chi connectivity index (χ2n) is 5.83. The van der Waals surface area contributed by atoms with E-state index in [4.69, 9.17) is 9.47 Å². The van der Waals surface area contributed by atoms with E-state index < -0.39 is 0 Å². The first-order valence-electron chi connectivity index (χ1n) is 7.79. The molecule has 3 unspecified atom stereocenters. The average molecular weight is 356 g/mol. The molecule has 0 saturated carbocycles. The lowest BCUT2D eigenvalue weighted by Crippen LogP contribution is -2.27. The lowest BCUT2D eigenvalue weighted by Gasteiger charge is -2.22. The molecule has 0 bridgehead atoms. The van der Waals surface area contributed by atoms with Crippen molar-refractivity contribution in [1.82, 2.24) is 5.32 Å². The van der Waals surface area contributed by atoms with Crippen molar-refractivity contribution < 1.29 is 9.47 Å². The van der Waals surface area contributed by atoms with E-state index in [0.717, 1.165) is 30.6 Å². The minimum Gasteiger partial charge on any atom is -0.383 e. The predicted octanol–water partition coefficient (Wildman–Crippen LogP) is 3.73. The smallest absolute Gasteiger partial charge is 0.0587 e. The monoisotopic (exact) mass is 355 g/mol. The number of benzene rings is 1. The highest BCUT2D eigenvalue weighted by Crippen LogP contribution is 2.30. The van der Waals surface area contributed by atoms with E-state index in [9.17, 15) is 0 Å². The number of rotatable bonds is 8. The molecule has 2 rings (SSSR count).